The van der Waals surface area contributed by atoms with Crippen molar-refractivity contribution < 1.29 is 4.79 Å². The van der Waals surface area contributed by atoms with Crippen LogP contribution in [-0.2, 0) is 11.3 Å². The monoisotopic (exact) mass is 303 g/mol. The van der Waals surface area contributed by atoms with Gasteiger partial charge in [0.2, 0.25) is 5.91 Å². The van der Waals surface area contributed by atoms with E-state index in [4.69, 9.17) is 0 Å². The molecule has 1 amide bonds. The van der Waals surface area contributed by atoms with Gasteiger partial charge in [-0.15, -0.1) is 11.3 Å². The zero-order valence-electron chi connectivity index (χ0n) is 12.2. The highest BCUT2D eigenvalue weighted by Gasteiger charge is 2.82. The largest absolute Gasteiger partial charge is 0.349 e. The van der Waals surface area contributed by atoms with Crippen molar-refractivity contribution >= 4 is 17.2 Å². The van der Waals surface area contributed by atoms with Gasteiger partial charge in [-0.2, -0.15) is 0 Å². The van der Waals surface area contributed by atoms with Crippen LogP contribution in [0.4, 0.5) is 0 Å². The number of nitrogens with zero attached hydrogens (tertiary/aromatic N) is 1. The van der Waals surface area contributed by atoms with Crippen molar-refractivity contribution in [1.29, 1.82) is 0 Å². The van der Waals surface area contributed by atoms with Crippen LogP contribution < -0.4 is 10.6 Å². The molecule has 0 aromatic carbocycles. The molecule has 1 aromatic heterocycles. The highest BCUT2D eigenvalue weighted by molar-refractivity contribution is 7.09. The van der Waals surface area contributed by atoms with E-state index in [0.717, 1.165) is 30.3 Å². The molecule has 3 saturated carbocycles. The summed E-state index contributed by atoms with van der Waals surface area (Å²) >= 11 is 1.61. The van der Waals surface area contributed by atoms with E-state index in [-0.39, 0.29) is 10.8 Å². The van der Waals surface area contributed by atoms with Crippen LogP contribution >= 0.6 is 11.3 Å². The first-order valence-electron chi connectivity index (χ1n) is 8.14. The second kappa shape index (κ2) is 3.87. The van der Waals surface area contributed by atoms with Gasteiger partial charge < -0.3 is 10.6 Å². The third kappa shape index (κ3) is 1.49. The van der Waals surface area contributed by atoms with E-state index in [1.165, 1.54) is 25.7 Å². The molecule has 5 heteroatoms. The molecule has 21 heavy (non-hydrogen) atoms. The fraction of sp³-hybridized carbons (Fsp3) is 0.750. The lowest BCUT2D eigenvalue weighted by atomic mass is 9.76. The topological polar surface area (TPSA) is 54.0 Å². The molecule has 2 unspecified atom stereocenters. The van der Waals surface area contributed by atoms with Crippen molar-refractivity contribution in [2.45, 2.75) is 50.6 Å². The summed E-state index contributed by atoms with van der Waals surface area (Å²) in [4.78, 5) is 17.1. The molecule has 4 fully saturated rings. The molecular weight excluding hydrogens is 282 g/mol. The summed E-state index contributed by atoms with van der Waals surface area (Å²) in [5.41, 5.74) is 0.562. The number of carbonyl (C=O) groups excluding carboxylic acids is 1. The van der Waals surface area contributed by atoms with Crippen LogP contribution in [0, 0.1) is 16.7 Å². The average Bonchev–Trinajstić information content (AvgIpc) is 3.43. The van der Waals surface area contributed by atoms with Crippen molar-refractivity contribution in [1.82, 2.24) is 15.6 Å². The molecule has 0 bridgehead atoms. The van der Waals surface area contributed by atoms with Crippen molar-refractivity contribution in [3.63, 3.8) is 0 Å². The van der Waals surface area contributed by atoms with Crippen LogP contribution in [0.2, 0.25) is 0 Å². The summed E-state index contributed by atoms with van der Waals surface area (Å²) in [7, 11) is 0. The summed E-state index contributed by atoms with van der Waals surface area (Å²) in [5.74, 6) is 1.15. The quantitative estimate of drug-likeness (QED) is 0.875. The van der Waals surface area contributed by atoms with Crippen molar-refractivity contribution in [2.75, 3.05) is 6.54 Å². The van der Waals surface area contributed by atoms with E-state index in [1.807, 2.05) is 5.38 Å². The van der Waals surface area contributed by atoms with Crippen molar-refractivity contribution in [2.24, 2.45) is 16.7 Å². The Labute approximate surface area is 128 Å². The fourth-order valence-corrected chi connectivity index (χ4v) is 5.87. The minimum atomic E-state index is -0.0592. The highest BCUT2D eigenvalue weighted by Crippen LogP contribution is 2.81. The number of hydrogen-bond donors (Lipinski definition) is 2. The van der Waals surface area contributed by atoms with E-state index in [1.54, 1.807) is 17.5 Å². The summed E-state index contributed by atoms with van der Waals surface area (Å²) < 4.78 is 0. The predicted octanol–water partition coefficient (Wildman–Crippen LogP) is 2.07. The molecule has 4 nitrogen and oxygen atoms in total. The standard InChI is InChI=1S/C16H21N3OS/c20-13(18-10-12-17-7-8-21-12)14(2-3-14)15(4-5-15)16-9-11(16)1-6-19-16/h7-8,11,19H,1-6,9-10H2,(H,18,20). The van der Waals surface area contributed by atoms with E-state index >= 15 is 0 Å². The Hall–Kier alpha value is -0.940. The van der Waals surface area contributed by atoms with Crippen LogP contribution in [0.5, 0.6) is 0 Å². The molecule has 1 aromatic rings. The molecule has 5 rings (SSSR count). The third-order valence-electron chi connectivity index (χ3n) is 6.63. The predicted molar refractivity (Wildman–Crippen MR) is 80.8 cm³/mol. The van der Waals surface area contributed by atoms with E-state index < -0.39 is 0 Å². The summed E-state index contributed by atoms with van der Waals surface area (Å²) in [6, 6.07) is 0. The summed E-state index contributed by atoms with van der Waals surface area (Å²) in [6.45, 7) is 1.75. The first kappa shape index (κ1) is 12.6. The van der Waals surface area contributed by atoms with E-state index in [9.17, 15) is 4.79 Å². The first-order valence-corrected chi connectivity index (χ1v) is 9.02. The Balaban J connectivity index is 1.35. The number of amides is 1. The highest BCUT2D eigenvalue weighted by atomic mass is 32.1. The summed E-state index contributed by atoms with van der Waals surface area (Å²) in [5, 5.41) is 9.93. The maximum absolute atomic E-state index is 12.9. The molecule has 1 saturated heterocycles. The number of piperidine rings is 1. The van der Waals surface area contributed by atoms with Gasteiger partial charge >= 0.3 is 0 Å². The SMILES string of the molecule is O=C(NCc1nccs1)C1(C2(C34CC3CCN4)CC2)CC1. The lowest BCUT2D eigenvalue weighted by Gasteiger charge is -2.34. The second-order valence-corrected chi connectivity index (χ2v) is 8.34. The van der Waals surface area contributed by atoms with Gasteiger partial charge in [0.15, 0.2) is 0 Å². The smallest absolute Gasteiger partial charge is 0.227 e. The molecule has 3 aliphatic carbocycles. The van der Waals surface area contributed by atoms with Crippen LogP contribution in [-0.4, -0.2) is 23.0 Å². The minimum absolute atomic E-state index is 0.0592. The van der Waals surface area contributed by atoms with E-state index in [2.05, 4.69) is 15.6 Å². The van der Waals surface area contributed by atoms with Gasteiger partial charge in [0.1, 0.15) is 5.01 Å². The van der Waals surface area contributed by atoms with Crippen LogP contribution in [0.15, 0.2) is 11.6 Å². The lowest BCUT2D eigenvalue weighted by molar-refractivity contribution is -0.130. The zero-order valence-corrected chi connectivity index (χ0v) is 13.0. The van der Waals surface area contributed by atoms with E-state index in [0.29, 0.717) is 18.0 Å². The number of thiazole rings is 1. The number of rotatable bonds is 5. The number of hydrogen-bond acceptors (Lipinski definition) is 4. The number of aromatic nitrogens is 1. The van der Waals surface area contributed by atoms with Crippen molar-refractivity contribution in [3.8, 4) is 0 Å². The van der Waals surface area contributed by atoms with Gasteiger partial charge in [0.05, 0.1) is 12.0 Å². The molecule has 112 valence electrons. The molecule has 0 radical (unpaired) electrons. The van der Waals surface area contributed by atoms with Gasteiger partial charge in [-0.1, -0.05) is 0 Å². The Kier molecular flexibility index (Phi) is 2.32. The number of carbonyl (C=O) groups is 1. The van der Waals surface area contributed by atoms with Gasteiger partial charge in [-0.05, 0) is 51.0 Å². The van der Waals surface area contributed by atoms with Crippen molar-refractivity contribution in [3.05, 3.63) is 16.6 Å². The third-order valence-corrected chi connectivity index (χ3v) is 7.41. The molecule has 2 atom stereocenters. The van der Waals surface area contributed by atoms with Crippen LogP contribution in [0.1, 0.15) is 43.5 Å². The Bertz CT molecular complexity index is 591. The maximum atomic E-state index is 12.9. The van der Waals surface area contributed by atoms with Gasteiger partial charge in [-0.3, -0.25) is 4.79 Å². The Morgan fingerprint density at radius 3 is 2.81 bits per heavy atom. The lowest BCUT2D eigenvalue weighted by Crippen LogP contribution is -2.49. The zero-order chi connectivity index (χ0) is 14.1. The fourth-order valence-electron chi connectivity index (χ4n) is 5.31. The summed E-state index contributed by atoms with van der Waals surface area (Å²) in [6.07, 6.45) is 9.12. The first-order chi connectivity index (χ1) is 10.2. The average molecular weight is 303 g/mol. The molecule has 2 heterocycles. The van der Waals surface area contributed by atoms with Crippen LogP contribution in [0.25, 0.3) is 0 Å². The molecular formula is C16H21N3OS. The normalized spacial score (nSPS) is 36.9. The van der Waals surface area contributed by atoms with Crippen LogP contribution in [0.3, 0.4) is 0 Å². The molecule has 1 aliphatic heterocycles. The van der Waals surface area contributed by atoms with Gasteiger partial charge in [-0.25, -0.2) is 4.98 Å². The molecule has 2 N–H and O–H groups in total. The number of nitrogens with one attached hydrogen (secondary N) is 2. The number of fused-ring (bicyclic) bond motifs is 1. The minimum Gasteiger partial charge on any atom is -0.349 e. The Morgan fingerprint density at radius 1 is 1.43 bits per heavy atom. The Morgan fingerprint density at radius 2 is 2.29 bits per heavy atom. The van der Waals surface area contributed by atoms with Gasteiger partial charge in [0, 0.05) is 22.5 Å². The molecule has 0 spiro atoms. The molecule has 4 aliphatic rings. The maximum Gasteiger partial charge on any atom is 0.227 e. The second-order valence-electron chi connectivity index (χ2n) is 7.36. The van der Waals surface area contributed by atoms with Gasteiger partial charge in [0.25, 0.3) is 0 Å².